The van der Waals surface area contributed by atoms with Crippen LogP contribution >= 0.6 is 15.9 Å². The van der Waals surface area contributed by atoms with E-state index in [0.29, 0.717) is 5.69 Å². The highest BCUT2D eigenvalue weighted by molar-refractivity contribution is 9.10. The first kappa shape index (κ1) is 16.4. The highest BCUT2D eigenvalue weighted by Crippen LogP contribution is 2.31. The Balaban J connectivity index is 2.19. The number of aromatic hydroxyl groups is 1. The summed E-state index contributed by atoms with van der Waals surface area (Å²) in [6, 6.07) is 8.73. The quantitative estimate of drug-likeness (QED) is 0.325. The number of hydrogen-bond acceptors (Lipinski definition) is 6. The molecule has 0 saturated carbocycles. The lowest BCUT2D eigenvalue weighted by molar-refractivity contribution is -0.385. The summed E-state index contributed by atoms with van der Waals surface area (Å²) in [5.74, 6) is -0.767. The molecule has 0 heterocycles. The molecule has 2 aromatic rings. The molecule has 0 bridgehead atoms. The van der Waals surface area contributed by atoms with Crippen LogP contribution in [0.1, 0.15) is 15.9 Å². The summed E-state index contributed by atoms with van der Waals surface area (Å²) < 4.78 is 0.145. The molecule has 0 aliphatic rings. The molecule has 9 heteroatoms. The van der Waals surface area contributed by atoms with Crippen molar-refractivity contribution in [3.05, 3.63) is 62.1 Å². The summed E-state index contributed by atoms with van der Waals surface area (Å²) in [5.41, 5.74) is 8.29. The Bertz CT molecular complexity index is 807. The molecular formula is C14H11BrN4O4. The molecular weight excluding hydrogens is 368 g/mol. The lowest BCUT2D eigenvalue weighted by Crippen LogP contribution is -2.19. The van der Waals surface area contributed by atoms with Gasteiger partial charge in [-0.3, -0.25) is 14.9 Å². The number of hydrazone groups is 1. The van der Waals surface area contributed by atoms with E-state index >= 15 is 0 Å². The number of nitrogens with one attached hydrogen (secondary N) is 1. The van der Waals surface area contributed by atoms with Crippen LogP contribution in [0.4, 0.5) is 11.4 Å². The molecule has 0 aromatic heterocycles. The Morgan fingerprint density at radius 1 is 1.39 bits per heavy atom. The molecule has 0 saturated heterocycles. The SMILES string of the molecule is Nc1ccccc1C(=O)N/N=C/c1cc([N+](=O)[O-])cc(Br)c1O. The molecule has 2 aromatic carbocycles. The fourth-order valence-electron chi connectivity index (χ4n) is 1.73. The number of nitrogens with zero attached hydrogens (tertiary/aromatic N) is 2. The Kier molecular flexibility index (Phi) is 4.91. The molecule has 0 aliphatic carbocycles. The molecule has 0 fully saturated rings. The van der Waals surface area contributed by atoms with Crippen LogP contribution in [-0.4, -0.2) is 22.2 Å². The number of benzene rings is 2. The number of carbonyl (C=O) groups excluding carboxylic acids is 1. The minimum Gasteiger partial charge on any atom is -0.506 e. The first-order chi connectivity index (χ1) is 10.9. The van der Waals surface area contributed by atoms with Gasteiger partial charge in [-0.05, 0) is 28.1 Å². The van der Waals surface area contributed by atoms with Gasteiger partial charge >= 0.3 is 0 Å². The van der Waals surface area contributed by atoms with Gasteiger partial charge in [0.2, 0.25) is 0 Å². The van der Waals surface area contributed by atoms with Gasteiger partial charge in [0.25, 0.3) is 11.6 Å². The topological polar surface area (TPSA) is 131 Å². The molecule has 1 amide bonds. The zero-order chi connectivity index (χ0) is 17.0. The van der Waals surface area contributed by atoms with Crippen LogP contribution in [0.15, 0.2) is 46.0 Å². The van der Waals surface area contributed by atoms with Crippen molar-refractivity contribution in [2.24, 2.45) is 5.10 Å². The third kappa shape index (κ3) is 3.83. The van der Waals surface area contributed by atoms with Crippen molar-refractivity contribution in [3.63, 3.8) is 0 Å². The first-order valence-electron chi connectivity index (χ1n) is 6.25. The molecule has 0 spiro atoms. The summed E-state index contributed by atoms with van der Waals surface area (Å²) in [6.45, 7) is 0. The maximum absolute atomic E-state index is 11.9. The number of halogens is 1. The predicted molar refractivity (Wildman–Crippen MR) is 88.4 cm³/mol. The van der Waals surface area contributed by atoms with E-state index in [2.05, 4.69) is 26.5 Å². The smallest absolute Gasteiger partial charge is 0.273 e. The van der Waals surface area contributed by atoms with Gasteiger partial charge in [-0.25, -0.2) is 5.43 Å². The van der Waals surface area contributed by atoms with E-state index in [-0.39, 0.29) is 27.0 Å². The number of phenols is 1. The van der Waals surface area contributed by atoms with Crippen LogP contribution in [-0.2, 0) is 0 Å². The zero-order valence-electron chi connectivity index (χ0n) is 11.6. The number of nitro benzene ring substituents is 1. The number of amides is 1. The average molecular weight is 379 g/mol. The fraction of sp³-hybridized carbons (Fsp3) is 0. The molecule has 0 atom stereocenters. The van der Waals surface area contributed by atoms with Crippen LogP contribution in [0, 0.1) is 10.1 Å². The Hall–Kier alpha value is -2.94. The number of anilines is 1. The number of carbonyl (C=O) groups is 1. The number of phenolic OH excluding ortho intramolecular Hbond substituents is 1. The summed E-state index contributed by atoms with van der Waals surface area (Å²) in [5, 5.41) is 24.3. The van der Waals surface area contributed by atoms with Gasteiger partial charge in [-0.2, -0.15) is 5.10 Å². The highest BCUT2D eigenvalue weighted by atomic mass is 79.9. The summed E-state index contributed by atoms with van der Waals surface area (Å²) in [7, 11) is 0. The van der Waals surface area contributed by atoms with Crippen molar-refractivity contribution in [1.29, 1.82) is 0 Å². The van der Waals surface area contributed by atoms with E-state index in [1.165, 1.54) is 6.07 Å². The largest absolute Gasteiger partial charge is 0.506 e. The Labute approximate surface area is 138 Å². The van der Waals surface area contributed by atoms with Crippen molar-refractivity contribution in [2.45, 2.75) is 0 Å². The zero-order valence-corrected chi connectivity index (χ0v) is 13.1. The molecule has 118 valence electrons. The van der Waals surface area contributed by atoms with Gasteiger partial charge in [0.05, 0.1) is 21.2 Å². The summed E-state index contributed by atoms with van der Waals surface area (Å²) in [4.78, 5) is 22.1. The molecule has 2 rings (SSSR count). The van der Waals surface area contributed by atoms with Gasteiger partial charge in [0, 0.05) is 23.4 Å². The van der Waals surface area contributed by atoms with Crippen molar-refractivity contribution in [1.82, 2.24) is 5.43 Å². The maximum Gasteiger partial charge on any atom is 0.273 e. The van der Waals surface area contributed by atoms with Crippen molar-refractivity contribution in [2.75, 3.05) is 5.73 Å². The van der Waals surface area contributed by atoms with Crippen LogP contribution < -0.4 is 11.2 Å². The van der Waals surface area contributed by atoms with E-state index < -0.39 is 10.8 Å². The second-order valence-corrected chi connectivity index (χ2v) is 5.26. The van der Waals surface area contributed by atoms with E-state index in [9.17, 15) is 20.0 Å². The van der Waals surface area contributed by atoms with E-state index in [1.54, 1.807) is 18.2 Å². The number of para-hydroxylation sites is 1. The standard InChI is InChI=1S/C14H11BrN4O4/c15-11-6-9(19(22)23)5-8(13(11)20)7-17-18-14(21)10-3-1-2-4-12(10)16/h1-7,20H,16H2,(H,18,21)/b17-7+. The van der Waals surface area contributed by atoms with Gasteiger partial charge in [-0.1, -0.05) is 12.1 Å². The third-order valence-corrected chi connectivity index (χ3v) is 3.47. The molecule has 4 N–H and O–H groups in total. The second kappa shape index (κ2) is 6.88. The molecule has 0 aliphatic heterocycles. The fourth-order valence-corrected chi connectivity index (χ4v) is 2.20. The number of hydrogen-bond donors (Lipinski definition) is 3. The lowest BCUT2D eigenvalue weighted by Gasteiger charge is -2.04. The molecule has 0 radical (unpaired) electrons. The van der Waals surface area contributed by atoms with Gasteiger partial charge in [-0.15, -0.1) is 0 Å². The van der Waals surface area contributed by atoms with Crippen LogP contribution in [0.2, 0.25) is 0 Å². The van der Waals surface area contributed by atoms with Crippen molar-refractivity contribution in [3.8, 4) is 5.75 Å². The number of nitro groups is 1. The third-order valence-electron chi connectivity index (χ3n) is 2.86. The van der Waals surface area contributed by atoms with E-state index in [0.717, 1.165) is 18.3 Å². The van der Waals surface area contributed by atoms with Gasteiger partial charge in [0.15, 0.2) is 0 Å². The maximum atomic E-state index is 11.9. The average Bonchev–Trinajstić information content (AvgIpc) is 2.51. The minimum absolute atomic E-state index is 0.0763. The summed E-state index contributed by atoms with van der Waals surface area (Å²) in [6.07, 6.45) is 1.10. The minimum atomic E-state index is -0.606. The molecule has 23 heavy (non-hydrogen) atoms. The number of nitrogen functional groups attached to an aromatic ring is 1. The highest BCUT2D eigenvalue weighted by Gasteiger charge is 2.14. The lowest BCUT2D eigenvalue weighted by atomic mass is 10.2. The monoisotopic (exact) mass is 378 g/mol. The number of rotatable bonds is 4. The van der Waals surface area contributed by atoms with Crippen LogP contribution in [0.3, 0.4) is 0 Å². The van der Waals surface area contributed by atoms with Crippen LogP contribution in [0.25, 0.3) is 0 Å². The second-order valence-electron chi connectivity index (χ2n) is 4.41. The van der Waals surface area contributed by atoms with Gasteiger partial charge in [0.1, 0.15) is 5.75 Å². The summed E-state index contributed by atoms with van der Waals surface area (Å²) >= 11 is 3.01. The number of nitrogens with two attached hydrogens (primary N) is 1. The molecule has 0 unspecified atom stereocenters. The van der Waals surface area contributed by atoms with Crippen LogP contribution in [0.5, 0.6) is 5.75 Å². The van der Waals surface area contributed by atoms with Crippen molar-refractivity contribution >= 4 is 39.4 Å². The van der Waals surface area contributed by atoms with Gasteiger partial charge < -0.3 is 10.8 Å². The van der Waals surface area contributed by atoms with Crippen molar-refractivity contribution < 1.29 is 14.8 Å². The molecule has 8 nitrogen and oxygen atoms in total. The first-order valence-corrected chi connectivity index (χ1v) is 7.04. The Morgan fingerprint density at radius 2 is 2.09 bits per heavy atom. The van der Waals surface area contributed by atoms with E-state index in [4.69, 9.17) is 5.73 Å². The number of non-ortho nitro benzene ring substituents is 1. The van der Waals surface area contributed by atoms with E-state index in [1.807, 2.05) is 0 Å². The normalized spacial score (nSPS) is 10.7. The predicted octanol–water partition coefficient (Wildman–Crippen LogP) is 2.41. The Morgan fingerprint density at radius 3 is 2.74 bits per heavy atom.